The van der Waals surface area contributed by atoms with Crippen LogP contribution >= 0.6 is 0 Å². The Balaban J connectivity index is 2.07. The maximum atomic E-state index is 12.3. The second-order valence-corrected chi connectivity index (χ2v) is 4.94. The molecule has 0 spiro atoms. The summed E-state index contributed by atoms with van der Waals surface area (Å²) in [7, 11) is 2.03. The van der Waals surface area contributed by atoms with Crippen LogP contribution in [0.1, 0.15) is 5.69 Å². The van der Waals surface area contributed by atoms with E-state index in [9.17, 15) is 8.78 Å². The van der Waals surface area contributed by atoms with Gasteiger partial charge in [-0.25, -0.2) is 8.78 Å². The predicted octanol–water partition coefficient (Wildman–Crippen LogP) is 0.480. The highest BCUT2D eigenvalue weighted by Gasteiger charge is 2.20. The van der Waals surface area contributed by atoms with Crippen LogP contribution in [0.15, 0.2) is 6.20 Å². The Hall–Kier alpha value is -1.29. The van der Waals surface area contributed by atoms with Crippen molar-refractivity contribution in [3.8, 4) is 0 Å². The zero-order valence-corrected chi connectivity index (χ0v) is 11.3. The first-order valence-electron chi connectivity index (χ1n) is 6.39. The summed E-state index contributed by atoms with van der Waals surface area (Å²) in [5, 5.41) is 22.2. The Morgan fingerprint density at radius 1 is 1.30 bits per heavy atom. The Morgan fingerprint density at radius 3 is 2.50 bits per heavy atom. The molecule has 2 rings (SSSR count). The fourth-order valence-electron chi connectivity index (χ4n) is 2.18. The van der Waals surface area contributed by atoms with Gasteiger partial charge in [-0.3, -0.25) is 20.0 Å². The average Bonchev–Trinajstić information content (AvgIpc) is 2.74. The van der Waals surface area contributed by atoms with Gasteiger partial charge in [0.2, 0.25) is 0 Å². The largest absolute Gasteiger partial charge is 0.304 e. The standard InChI is InChI=1S/C11H19F2N5O2/c1-15-2-4-16(5-3-15)6-9-10(18(19)20)7-17(14-9)8-11(12)13/h7,11,19-20H,2-6,8H2,1H3. The Kier molecular flexibility index (Phi) is 4.86. The number of alkyl halides is 2. The Morgan fingerprint density at radius 2 is 1.95 bits per heavy atom. The van der Waals surface area contributed by atoms with E-state index in [2.05, 4.69) is 14.9 Å². The van der Waals surface area contributed by atoms with Crippen LogP contribution in [0.4, 0.5) is 14.5 Å². The molecule has 0 bridgehead atoms. The second kappa shape index (κ2) is 6.44. The molecule has 1 fully saturated rings. The molecular formula is C11H19F2N5O2. The number of rotatable bonds is 5. The molecule has 0 amide bonds. The third-order valence-electron chi connectivity index (χ3n) is 3.33. The van der Waals surface area contributed by atoms with E-state index in [1.807, 2.05) is 7.05 Å². The molecular weight excluding hydrogens is 272 g/mol. The maximum absolute atomic E-state index is 12.3. The van der Waals surface area contributed by atoms with Crippen LogP contribution in [-0.4, -0.2) is 69.6 Å². The van der Waals surface area contributed by atoms with Gasteiger partial charge in [-0.1, -0.05) is 0 Å². The molecule has 0 radical (unpaired) electrons. The predicted molar refractivity (Wildman–Crippen MR) is 67.1 cm³/mol. The van der Waals surface area contributed by atoms with E-state index in [0.29, 0.717) is 12.2 Å². The Bertz CT molecular complexity index is 432. The fourth-order valence-corrected chi connectivity index (χ4v) is 2.18. The molecule has 7 nitrogen and oxygen atoms in total. The number of aromatic nitrogens is 2. The summed E-state index contributed by atoms with van der Waals surface area (Å²) in [6, 6.07) is 0. The number of piperazine rings is 1. The van der Waals surface area contributed by atoms with E-state index in [4.69, 9.17) is 10.4 Å². The molecule has 2 N–H and O–H groups in total. The van der Waals surface area contributed by atoms with E-state index in [1.165, 1.54) is 6.20 Å². The molecule has 2 heterocycles. The number of halogens is 2. The molecule has 0 saturated carbocycles. The highest BCUT2D eigenvalue weighted by Crippen LogP contribution is 2.19. The molecule has 1 aromatic rings. The van der Waals surface area contributed by atoms with Crippen LogP contribution in [-0.2, 0) is 13.1 Å². The SMILES string of the molecule is CN1CCN(Cc2nn(CC(F)F)cc2N(O)O)CC1. The molecule has 0 aliphatic carbocycles. The van der Waals surface area contributed by atoms with E-state index >= 15 is 0 Å². The molecule has 1 aromatic heterocycles. The first-order chi connectivity index (χ1) is 9.45. The number of likely N-dealkylation sites (N-methyl/N-ethyl adjacent to an activating group) is 1. The average molecular weight is 291 g/mol. The van der Waals surface area contributed by atoms with Crippen LogP contribution < -0.4 is 5.23 Å². The summed E-state index contributed by atoms with van der Waals surface area (Å²) >= 11 is 0. The van der Waals surface area contributed by atoms with Gasteiger partial charge in [0.05, 0.1) is 6.20 Å². The lowest BCUT2D eigenvalue weighted by atomic mass is 10.3. The molecule has 0 aromatic carbocycles. The highest BCUT2D eigenvalue weighted by molar-refractivity contribution is 5.44. The van der Waals surface area contributed by atoms with E-state index in [-0.39, 0.29) is 10.9 Å². The van der Waals surface area contributed by atoms with E-state index in [1.54, 1.807) is 0 Å². The molecule has 1 saturated heterocycles. The van der Waals surface area contributed by atoms with Crippen LogP contribution in [0.5, 0.6) is 0 Å². The number of hydrogen-bond donors (Lipinski definition) is 2. The number of nitrogens with zero attached hydrogens (tertiary/aromatic N) is 5. The smallest absolute Gasteiger partial charge is 0.257 e. The number of hydrogen-bond acceptors (Lipinski definition) is 6. The van der Waals surface area contributed by atoms with Crippen molar-refractivity contribution < 1.29 is 19.2 Å². The van der Waals surface area contributed by atoms with Gasteiger partial charge < -0.3 is 4.90 Å². The first-order valence-corrected chi connectivity index (χ1v) is 6.39. The van der Waals surface area contributed by atoms with Gasteiger partial charge in [-0.05, 0) is 7.05 Å². The minimum Gasteiger partial charge on any atom is -0.304 e. The zero-order valence-electron chi connectivity index (χ0n) is 11.3. The maximum Gasteiger partial charge on any atom is 0.257 e. The quantitative estimate of drug-likeness (QED) is 0.769. The van der Waals surface area contributed by atoms with Gasteiger partial charge in [0.25, 0.3) is 6.43 Å². The summed E-state index contributed by atoms with van der Waals surface area (Å²) < 4.78 is 25.7. The van der Waals surface area contributed by atoms with Gasteiger partial charge in [0, 0.05) is 32.7 Å². The second-order valence-electron chi connectivity index (χ2n) is 4.94. The molecule has 0 atom stereocenters. The minimum atomic E-state index is -2.54. The van der Waals surface area contributed by atoms with Crippen molar-refractivity contribution in [3.05, 3.63) is 11.9 Å². The lowest BCUT2D eigenvalue weighted by Crippen LogP contribution is -2.44. The van der Waals surface area contributed by atoms with Gasteiger partial charge in [-0.15, -0.1) is 5.23 Å². The van der Waals surface area contributed by atoms with E-state index in [0.717, 1.165) is 30.9 Å². The van der Waals surface area contributed by atoms with E-state index < -0.39 is 13.0 Å². The van der Waals surface area contributed by atoms with Crippen LogP contribution in [0, 0.1) is 0 Å². The third-order valence-corrected chi connectivity index (χ3v) is 3.33. The van der Waals surface area contributed by atoms with Crippen molar-refractivity contribution in [3.63, 3.8) is 0 Å². The topological polar surface area (TPSA) is 68.0 Å². The lowest BCUT2D eigenvalue weighted by Gasteiger charge is -2.32. The summed E-state index contributed by atoms with van der Waals surface area (Å²) in [4.78, 5) is 4.29. The summed E-state index contributed by atoms with van der Waals surface area (Å²) in [6.07, 6.45) is -1.33. The normalized spacial score (nSPS) is 17.9. The molecule has 1 aliphatic heterocycles. The van der Waals surface area contributed by atoms with Crippen LogP contribution in [0.2, 0.25) is 0 Å². The van der Waals surface area contributed by atoms with Crippen molar-refractivity contribution in [2.45, 2.75) is 19.5 Å². The summed E-state index contributed by atoms with van der Waals surface area (Å²) in [6.45, 7) is 3.31. The monoisotopic (exact) mass is 291 g/mol. The van der Waals surface area contributed by atoms with Crippen molar-refractivity contribution >= 4 is 5.69 Å². The van der Waals surface area contributed by atoms with Gasteiger partial charge in [0.1, 0.15) is 17.9 Å². The molecule has 1 aliphatic rings. The van der Waals surface area contributed by atoms with Gasteiger partial charge in [0.15, 0.2) is 0 Å². The third kappa shape index (κ3) is 3.85. The fraction of sp³-hybridized carbons (Fsp3) is 0.727. The zero-order chi connectivity index (χ0) is 14.7. The summed E-state index contributed by atoms with van der Waals surface area (Å²) in [5.74, 6) is 0. The Labute approximate surface area is 115 Å². The van der Waals surface area contributed by atoms with Crippen molar-refractivity contribution in [2.24, 2.45) is 0 Å². The van der Waals surface area contributed by atoms with Crippen molar-refractivity contribution in [1.82, 2.24) is 19.6 Å². The highest BCUT2D eigenvalue weighted by atomic mass is 19.3. The van der Waals surface area contributed by atoms with Gasteiger partial charge in [-0.2, -0.15) is 5.10 Å². The summed E-state index contributed by atoms with van der Waals surface area (Å²) in [5.41, 5.74) is 0.407. The molecule has 0 unspecified atom stereocenters. The van der Waals surface area contributed by atoms with Crippen LogP contribution in [0.3, 0.4) is 0 Å². The molecule has 9 heteroatoms. The minimum absolute atomic E-state index is 0.0320. The van der Waals surface area contributed by atoms with Crippen LogP contribution in [0.25, 0.3) is 0 Å². The molecule has 20 heavy (non-hydrogen) atoms. The van der Waals surface area contributed by atoms with Gasteiger partial charge >= 0.3 is 0 Å². The van der Waals surface area contributed by atoms with Crippen molar-refractivity contribution in [2.75, 3.05) is 38.5 Å². The van der Waals surface area contributed by atoms with Crippen molar-refractivity contribution in [1.29, 1.82) is 0 Å². The molecule has 114 valence electrons. The number of anilines is 1. The lowest BCUT2D eigenvalue weighted by molar-refractivity contribution is 0.0280. The first kappa shape index (κ1) is 15.1.